The van der Waals surface area contributed by atoms with Gasteiger partial charge in [-0.25, -0.2) is 4.98 Å². The molecule has 0 aliphatic heterocycles. The molecule has 0 spiro atoms. The molecule has 5 heteroatoms. The molecule has 0 bridgehead atoms. The Hall–Kier alpha value is -0.550. The van der Waals surface area contributed by atoms with E-state index in [9.17, 15) is 0 Å². The quantitative estimate of drug-likeness (QED) is 0.848. The molecule has 0 amide bonds. The number of hydrogen-bond donors (Lipinski definition) is 2. The topological polar surface area (TPSA) is 67.6 Å². The number of nitrogens with two attached hydrogens (primary N) is 1. The molecule has 0 aromatic carbocycles. The summed E-state index contributed by atoms with van der Waals surface area (Å²) >= 11 is 2.00. The molecule has 1 aliphatic rings. The summed E-state index contributed by atoms with van der Waals surface area (Å²) in [6.45, 7) is 1.90. The number of nitrogens with one attached hydrogen (secondary N) is 1. The van der Waals surface area contributed by atoms with Gasteiger partial charge in [0.1, 0.15) is 5.82 Å². The van der Waals surface area contributed by atoms with Crippen molar-refractivity contribution in [3.8, 4) is 0 Å². The van der Waals surface area contributed by atoms with Gasteiger partial charge in [-0.2, -0.15) is 16.9 Å². The van der Waals surface area contributed by atoms with Gasteiger partial charge < -0.3 is 5.73 Å². The first-order valence-corrected chi connectivity index (χ1v) is 7.09. The Morgan fingerprint density at radius 2 is 2.19 bits per heavy atom. The van der Waals surface area contributed by atoms with E-state index in [-0.39, 0.29) is 6.04 Å². The van der Waals surface area contributed by atoms with Crippen LogP contribution in [-0.4, -0.2) is 20.4 Å². The van der Waals surface area contributed by atoms with Gasteiger partial charge in [0, 0.05) is 5.25 Å². The number of nitrogens with zero attached hydrogens (tertiary/aromatic N) is 2. The summed E-state index contributed by atoms with van der Waals surface area (Å²) in [5.74, 6) is 2.62. The van der Waals surface area contributed by atoms with E-state index in [2.05, 4.69) is 15.2 Å². The van der Waals surface area contributed by atoms with Gasteiger partial charge in [-0.05, 0) is 19.8 Å². The molecule has 1 saturated carbocycles. The minimum absolute atomic E-state index is 0.0790. The number of aromatic amines is 1. The van der Waals surface area contributed by atoms with Crippen molar-refractivity contribution in [2.75, 3.05) is 0 Å². The highest BCUT2D eigenvalue weighted by atomic mass is 32.2. The van der Waals surface area contributed by atoms with E-state index < -0.39 is 0 Å². The summed E-state index contributed by atoms with van der Waals surface area (Å²) < 4.78 is 0. The zero-order valence-electron chi connectivity index (χ0n) is 9.78. The predicted molar refractivity (Wildman–Crippen MR) is 67.2 cm³/mol. The lowest BCUT2D eigenvalue weighted by Gasteiger charge is -2.20. The van der Waals surface area contributed by atoms with Gasteiger partial charge in [-0.3, -0.25) is 5.10 Å². The van der Waals surface area contributed by atoms with Gasteiger partial charge in [0.25, 0.3) is 0 Å². The second kappa shape index (κ2) is 5.68. The lowest BCUT2D eigenvalue weighted by Crippen LogP contribution is -2.08. The van der Waals surface area contributed by atoms with Crippen LogP contribution in [0.5, 0.6) is 0 Å². The molecule has 4 nitrogen and oxygen atoms in total. The van der Waals surface area contributed by atoms with Gasteiger partial charge in [0.05, 0.1) is 11.8 Å². The highest BCUT2D eigenvalue weighted by molar-refractivity contribution is 7.99. The molecule has 90 valence electrons. The fraction of sp³-hybridized carbons (Fsp3) is 0.818. The maximum atomic E-state index is 5.71. The van der Waals surface area contributed by atoms with Crippen molar-refractivity contribution in [3.63, 3.8) is 0 Å². The Morgan fingerprint density at radius 3 is 2.81 bits per heavy atom. The number of hydrogen-bond acceptors (Lipinski definition) is 4. The van der Waals surface area contributed by atoms with Crippen LogP contribution in [0.15, 0.2) is 0 Å². The Kier molecular flexibility index (Phi) is 4.23. The van der Waals surface area contributed by atoms with Crippen LogP contribution in [0, 0.1) is 0 Å². The SMILES string of the molecule is CC(N)c1n[nH]c(CSC2CCCCC2)n1. The van der Waals surface area contributed by atoms with Crippen LogP contribution in [-0.2, 0) is 5.75 Å². The molecule has 1 aromatic rings. The molecule has 1 heterocycles. The van der Waals surface area contributed by atoms with Crippen molar-refractivity contribution in [1.82, 2.24) is 15.2 Å². The molecule has 1 aliphatic carbocycles. The van der Waals surface area contributed by atoms with Crippen molar-refractivity contribution >= 4 is 11.8 Å². The molecule has 16 heavy (non-hydrogen) atoms. The minimum atomic E-state index is -0.0790. The molecular formula is C11H20N4S. The summed E-state index contributed by atoms with van der Waals surface area (Å²) in [5, 5.41) is 7.89. The number of rotatable bonds is 4. The average molecular weight is 240 g/mol. The molecule has 2 rings (SSSR count). The van der Waals surface area contributed by atoms with Crippen LogP contribution in [0.3, 0.4) is 0 Å². The van der Waals surface area contributed by atoms with Crippen LogP contribution >= 0.6 is 11.8 Å². The number of H-pyrrole nitrogens is 1. The van der Waals surface area contributed by atoms with Crippen LogP contribution in [0.1, 0.15) is 56.7 Å². The zero-order valence-corrected chi connectivity index (χ0v) is 10.6. The molecular weight excluding hydrogens is 220 g/mol. The summed E-state index contributed by atoms with van der Waals surface area (Å²) in [6, 6.07) is -0.0790. The summed E-state index contributed by atoms with van der Waals surface area (Å²) in [6.07, 6.45) is 6.91. The van der Waals surface area contributed by atoms with Crippen molar-refractivity contribution in [3.05, 3.63) is 11.6 Å². The molecule has 1 aromatic heterocycles. The van der Waals surface area contributed by atoms with Crippen molar-refractivity contribution in [2.45, 2.75) is 56.1 Å². The average Bonchev–Trinajstić information content (AvgIpc) is 2.76. The van der Waals surface area contributed by atoms with E-state index in [1.807, 2.05) is 18.7 Å². The van der Waals surface area contributed by atoms with Crippen LogP contribution < -0.4 is 5.73 Å². The van der Waals surface area contributed by atoms with Crippen molar-refractivity contribution < 1.29 is 0 Å². The normalized spacial score (nSPS) is 19.9. The Bertz CT molecular complexity index is 318. The van der Waals surface area contributed by atoms with Gasteiger partial charge in [0.2, 0.25) is 0 Å². The van der Waals surface area contributed by atoms with Gasteiger partial charge in [-0.1, -0.05) is 19.3 Å². The second-order valence-corrected chi connectivity index (χ2v) is 5.79. The molecule has 3 N–H and O–H groups in total. The molecule has 0 saturated heterocycles. The third-order valence-corrected chi connectivity index (χ3v) is 4.35. The third kappa shape index (κ3) is 3.22. The smallest absolute Gasteiger partial charge is 0.167 e. The van der Waals surface area contributed by atoms with E-state index in [4.69, 9.17) is 5.73 Å². The highest BCUT2D eigenvalue weighted by Crippen LogP contribution is 2.29. The maximum absolute atomic E-state index is 5.71. The van der Waals surface area contributed by atoms with Crippen molar-refractivity contribution in [1.29, 1.82) is 0 Å². The van der Waals surface area contributed by atoms with Gasteiger partial charge in [0.15, 0.2) is 5.82 Å². The first-order valence-electron chi connectivity index (χ1n) is 6.04. The Labute approximate surface area is 101 Å². The van der Waals surface area contributed by atoms with E-state index in [0.717, 1.165) is 22.7 Å². The summed E-state index contributed by atoms with van der Waals surface area (Å²) in [7, 11) is 0. The number of thioether (sulfide) groups is 1. The fourth-order valence-corrected chi connectivity index (χ4v) is 3.20. The van der Waals surface area contributed by atoms with Crippen LogP contribution in [0.4, 0.5) is 0 Å². The van der Waals surface area contributed by atoms with E-state index in [0.29, 0.717) is 0 Å². The molecule has 0 radical (unpaired) electrons. The van der Waals surface area contributed by atoms with E-state index in [1.165, 1.54) is 32.1 Å². The molecule has 1 atom stereocenters. The summed E-state index contributed by atoms with van der Waals surface area (Å²) in [4.78, 5) is 4.38. The van der Waals surface area contributed by atoms with Crippen LogP contribution in [0.25, 0.3) is 0 Å². The highest BCUT2D eigenvalue weighted by Gasteiger charge is 2.15. The van der Waals surface area contributed by atoms with E-state index >= 15 is 0 Å². The fourth-order valence-electron chi connectivity index (χ4n) is 2.01. The monoisotopic (exact) mass is 240 g/mol. The van der Waals surface area contributed by atoms with Crippen LogP contribution in [0.2, 0.25) is 0 Å². The zero-order chi connectivity index (χ0) is 11.4. The standard InChI is InChI=1S/C11H20N4S/c1-8(12)11-13-10(14-15-11)7-16-9-5-3-2-4-6-9/h8-9H,2-7,12H2,1H3,(H,13,14,15). The summed E-state index contributed by atoms with van der Waals surface area (Å²) in [5.41, 5.74) is 5.71. The first kappa shape index (κ1) is 11.9. The predicted octanol–water partition coefficient (Wildman–Crippen LogP) is 2.39. The Morgan fingerprint density at radius 1 is 1.44 bits per heavy atom. The third-order valence-electron chi connectivity index (χ3n) is 2.96. The van der Waals surface area contributed by atoms with Crippen molar-refractivity contribution in [2.24, 2.45) is 5.73 Å². The Balaban J connectivity index is 1.79. The lowest BCUT2D eigenvalue weighted by atomic mass is 10.0. The molecule has 1 fully saturated rings. The largest absolute Gasteiger partial charge is 0.321 e. The number of aromatic nitrogens is 3. The van der Waals surface area contributed by atoms with E-state index in [1.54, 1.807) is 0 Å². The minimum Gasteiger partial charge on any atom is -0.321 e. The maximum Gasteiger partial charge on any atom is 0.167 e. The molecule has 1 unspecified atom stereocenters. The second-order valence-electron chi connectivity index (χ2n) is 4.50. The van der Waals surface area contributed by atoms with Gasteiger partial charge >= 0.3 is 0 Å². The first-order chi connectivity index (χ1) is 7.75. The lowest BCUT2D eigenvalue weighted by molar-refractivity contribution is 0.516. The van der Waals surface area contributed by atoms with Gasteiger partial charge in [-0.15, -0.1) is 0 Å².